The lowest BCUT2D eigenvalue weighted by molar-refractivity contribution is 0.134. The summed E-state index contributed by atoms with van der Waals surface area (Å²) >= 11 is 0. The number of nitrogens with zero attached hydrogens (tertiary/aromatic N) is 3. The van der Waals surface area contributed by atoms with E-state index in [1.54, 1.807) is 6.20 Å². The lowest BCUT2D eigenvalue weighted by Gasteiger charge is -2.35. The standard InChI is InChI=1S/C17H24N4/c18-10-9-16-4-1-2-12-20(16)14-15-5-7-17(8-6-15)21-13-3-11-19-21/h3,5-8,11,13,16H,1-2,4,9-10,12,14,18H2. The van der Waals surface area contributed by atoms with Crippen LogP contribution in [0.4, 0.5) is 0 Å². The first-order chi connectivity index (χ1) is 10.4. The van der Waals surface area contributed by atoms with Crippen LogP contribution in [0.1, 0.15) is 31.2 Å². The lowest BCUT2D eigenvalue weighted by atomic mass is 9.98. The highest BCUT2D eigenvalue weighted by Gasteiger charge is 2.21. The average Bonchev–Trinajstić information content (AvgIpc) is 3.05. The summed E-state index contributed by atoms with van der Waals surface area (Å²) in [6, 6.07) is 11.3. The van der Waals surface area contributed by atoms with Crippen molar-refractivity contribution in [2.75, 3.05) is 13.1 Å². The number of hydrogen-bond donors (Lipinski definition) is 1. The third-order valence-corrected chi connectivity index (χ3v) is 4.34. The van der Waals surface area contributed by atoms with Gasteiger partial charge in [-0.15, -0.1) is 0 Å². The van der Waals surface area contributed by atoms with Crippen LogP contribution in [0.5, 0.6) is 0 Å². The van der Waals surface area contributed by atoms with Gasteiger partial charge in [-0.05, 0) is 56.1 Å². The average molecular weight is 284 g/mol. The molecule has 0 saturated carbocycles. The van der Waals surface area contributed by atoms with E-state index in [1.165, 1.54) is 31.4 Å². The quantitative estimate of drug-likeness (QED) is 0.918. The van der Waals surface area contributed by atoms with Gasteiger partial charge in [-0.2, -0.15) is 5.10 Å². The van der Waals surface area contributed by atoms with E-state index in [0.29, 0.717) is 6.04 Å². The first-order valence-electron chi connectivity index (χ1n) is 7.90. The van der Waals surface area contributed by atoms with Crippen LogP contribution in [-0.2, 0) is 6.54 Å². The maximum absolute atomic E-state index is 5.75. The molecule has 4 heteroatoms. The van der Waals surface area contributed by atoms with Crippen LogP contribution in [0.15, 0.2) is 42.7 Å². The molecule has 1 atom stereocenters. The minimum atomic E-state index is 0.662. The molecule has 2 aromatic rings. The number of likely N-dealkylation sites (tertiary alicyclic amines) is 1. The van der Waals surface area contributed by atoms with Gasteiger partial charge in [-0.1, -0.05) is 18.6 Å². The predicted octanol–water partition coefficient (Wildman–Crippen LogP) is 2.58. The summed E-state index contributed by atoms with van der Waals surface area (Å²) in [7, 11) is 0. The van der Waals surface area contributed by atoms with Gasteiger partial charge >= 0.3 is 0 Å². The third-order valence-electron chi connectivity index (χ3n) is 4.34. The van der Waals surface area contributed by atoms with Crippen LogP contribution in [-0.4, -0.2) is 33.8 Å². The van der Waals surface area contributed by atoms with Crippen molar-refractivity contribution in [3.8, 4) is 5.69 Å². The van der Waals surface area contributed by atoms with E-state index in [9.17, 15) is 0 Å². The summed E-state index contributed by atoms with van der Waals surface area (Å²) in [5.41, 5.74) is 8.23. The summed E-state index contributed by atoms with van der Waals surface area (Å²) in [5.74, 6) is 0. The van der Waals surface area contributed by atoms with Crippen molar-refractivity contribution in [2.24, 2.45) is 5.73 Å². The smallest absolute Gasteiger partial charge is 0.0645 e. The van der Waals surface area contributed by atoms with E-state index in [-0.39, 0.29) is 0 Å². The summed E-state index contributed by atoms with van der Waals surface area (Å²) in [6.07, 6.45) is 8.84. The van der Waals surface area contributed by atoms with E-state index < -0.39 is 0 Å². The fourth-order valence-electron chi connectivity index (χ4n) is 3.20. The molecule has 1 aromatic heterocycles. The summed E-state index contributed by atoms with van der Waals surface area (Å²) in [4.78, 5) is 2.60. The van der Waals surface area contributed by atoms with Gasteiger partial charge in [-0.25, -0.2) is 4.68 Å². The van der Waals surface area contributed by atoms with Crippen molar-refractivity contribution in [1.29, 1.82) is 0 Å². The van der Waals surface area contributed by atoms with E-state index in [4.69, 9.17) is 5.73 Å². The van der Waals surface area contributed by atoms with Gasteiger partial charge in [0, 0.05) is 25.0 Å². The Morgan fingerprint density at radius 1 is 1.19 bits per heavy atom. The Morgan fingerprint density at radius 2 is 2.05 bits per heavy atom. The molecule has 1 saturated heterocycles. The van der Waals surface area contributed by atoms with Crippen molar-refractivity contribution in [3.63, 3.8) is 0 Å². The SMILES string of the molecule is NCCC1CCCCN1Cc1ccc(-n2cccn2)cc1. The van der Waals surface area contributed by atoms with E-state index >= 15 is 0 Å². The number of hydrogen-bond acceptors (Lipinski definition) is 3. The Labute approximate surface area is 126 Å². The molecule has 4 nitrogen and oxygen atoms in total. The third kappa shape index (κ3) is 3.52. The van der Waals surface area contributed by atoms with E-state index in [1.807, 2.05) is 16.9 Å². The Bertz CT molecular complexity index is 530. The fraction of sp³-hybridized carbons (Fsp3) is 0.471. The maximum Gasteiger partial charge on any atom is 0.0645 e. The van der Waals surface area contributed by atoms with Crippen LogP contribution < -0.4 is 5.73 Å². The molecule has 0 radical (unpaired) electrons. The van der Waals surface area contributed by atoms with Gasteiger partial charge < -0.3 is 5.73 Å². The minimum absolute atomic E-state index is 0.662. The highest BCUT2D eigenvalue weighted by Crippen LogP contribution is 2.22. The molecular formula is C17H24N4. The molecule has 1 fully saturated rings. The van der Waals surface area contributed by atoms with Crippen LogP contribution in [0.3, 0.4) is 0 Å². The van der Waals surface area contributed by atoms with Crippen molar-refractivity contribution in [1.82, 2.24) is 14.7 Å². The molecule has 0 amide bonds. The molecular weight excluding hydrogens is 260 g/mol. The van der Waals surface area contributed by atoms with Gasteiger partial charge in [0.25, 0.3) is 0 Å². The molecule has 0 bridgehead atoms. The van der Waals surface area contributed by atoms with E-state index in [2.05, 4.69) is 34.3 Å². The number of rotatable bonds is 5. The Kier molecular flexibility index (Phi) is 4.68. The fourth-order valence-corrected chi connectivity index (χ4v) is 3.20. The molecule has 0 aliphatic carbocycles. The zero-order valence-electron chi connectivity index (χ0n) is 12.5. The molecule has 21 heavy (non-hydrogen) atoms. The van der Waals surface area contributed by atoms with Crippen molar-refractivity contribution >= 4 is 0 Å². The molecule has 1 aromatic carbocycles. The van der Waals surface area contributed by atoms with Gasteiger partial charge in [0.05, 0.1) is 5.69 Å². The molecule has 1 aliphatic rings. The van der Waals surface area contributed by atoms with Crippen molar-refractivity contribution < 1.29 is 0 Å². The zero-order valence-corrected chi connectivity index (χ0v) is 12.5. The van der Waals surface area contributed by atoms with Crippen LogP contribution in [0.25, 0.3) is 5.69 Å². The lowest BCUT2D eigenvalue weighted by Crippen LogP contribution is -2.40. The minimum Gasteiger partial charge on any atom is -0.330 e. The monoisotopic (exact) mass is 284 g/mol. The number of piperidine rings is 1. The molecule has 2 heterocycles. The van der Waals surface area contributed by atoms with Crippen LogP contribution in [0.2, 0.25) is 0 Å². The summed E-state index contributed by atoms with van der Waals surface area (Å²) in [5, 5.41) is 4.26. The maximum atomic E-state index is 5.75. The zero-order chi connectivity index (χ0) is 14.5. The first-order valence-corrected chi connectivity index (χ1v) is 7.90. The van der Waals surface area contributed by atoms with Gasteiger partial charge in [0.1, 0.15) is 0 Å². The second kappa shape index (κ2) is 6.87. The summed E-state index contributed by atoms with van der Waals surface area (Å²) in [6.45, 7) is 3.02. The van der Waals surface area contributed by atoms with Crippen molar-refractivity contribution in [2.45, 2.75) is 38.3 Å². The predicted molar refractivity (Wildman–Crippen MR) is 85.3 cm³/mol. The second-order valence-corrected chi connectivity index (χ2v) is 5.81. The van der Waals surface area contributed by atoms with Gasteiger partial charge in [-0.3, -0.25) is 4.90 Å². The van der Waals surface area contributed by atoms with Gasteiger partial charge in [0.2, 0.25) is 0 Å². The normalized spacial score (nSPS) is 19.8. The molecule has 0 spiro atoms. The molecule has 2 N–H and O–H groups in total. The van der Waals surface area contributed by atoms with E-state index in [0.717, 1.165) is 25.2 Å². The number of aromatic nitrogens is 2. The van der Waals surface area contributed by atoms with Gasteiger partial charge in [0.15, 0.2) is 0 Å². The molecule has 1 unspecified atom stereocenters. The highest BCUT2D eigenvalue weighted by molar-refractivity contribution is 5.33. The molecule has 1 aliphatic heterocycles. The Morgan fingerprint density at radius 3 is 2.76 bits per heavy atom. The largest absolute Gasteiger partial charge is 0.330 e. The second-order valence-electron chi connectivity index (χ2n) is 5.81. The Hall–Kier alpha value is -1.65. The first kappa shape index (κ1) is 14.3. The Balaban J connectivity index is 1.66. The topological polar surface area (TPSA) is 47.1 Å². The number of benzene rings is 1. The summed E-state index contributed by atoms with van der Waals surface area (Å²) < 4.78 is 1.89. The van der Waals surface area contributed by atoms with Crippen molar-refractivity contribution in [3.05, 3.63) is 48.3 Å². The number of nitrogens with two attached hydrogens (primary N) is 1. The van der Waals surface area contributed by atoms with Crippen LogP contribution >= 0.6 is 0 Å². The molecule has 112 valence electrons. The van der Waals surface area contributed by atoms with Crippen LogP contribution in [0, 0.1) is 0 Å². The highest BCUT2D eigenvalue weighted by atomic mass is 15.3. The molecule has 3 rings (SSSR count).